The summed E-state index contributed by atoms with van der Waals surface area (Å²) in [6, 6.07) is 4.89. The van der Waals surface area contributed by atoms with Crippen LogP contribution in [0.1, 0.15) is 6.92 Å². The van der Waals surface area contributed by atoms with Gasteiger partial charge in [-0.15, -0.1) is 0 Å². The van der Waals surface area contributed by atoms with Gasteiger partial charge in [0.1, 0.15) is 5.82 Å². The van der Waals surface area contributed by atoms with E-state index in [0.717, 1.165) is 12.1 Å². The number of hydrogen-bond acceptors (Lipinski definition) is 5. The molecule has 3 N–H and O–H groups in total. The molecule has 106 valence electrons. The molecule has 1 atom stereocenters. The van der Waals surface area contributed by atoms with Crippen molar-refractivity contribution in [2.45, 2.75) is 13.0 Å². The Kier molecular flexibility index (Phi) is 4.41. The second-order valence-electron chi connectivity index (χ2n) is 4.25. The highest BCUT2D eigenvalue weighted by Crippen LogP contribution is 2.18. The monoisotopic (exact) mass is 280 g/mol. The maximum Gasteiger partial charge on any atom is 0.224 e. The van der Waals surface area contributed by atoms with E-state index < -0.39 is 11.6 Å². The molecule has 7 heteroatoms. The van der Waals surface area contributed by atoms with Gasteiger partial charge in [0.05, 0.1) is 6.61 Å². The average Bonchev–Trinajstić information content (AvgIpc) is 2.43. The molecule has 1 aromatic heterocycles. The first-order chi connectivity index (χ1) is 9.58. The minimum absolute atomic E-state index is 0.0514. The molecule has 0 fully saturated rings. The summed E-state index contributed by atoms with van der Waals surface area (Å²) in [7, 11) is 0. The predicted molar refractivity (Wildman–Crippen MR) is 71.8 cm³/mol. The second-order valence-corrected chi connectivity index (χ2v) is 4.25. The number of benzene rings is 1. The molecule has 0 radical (unpaired) electrons. The van der Waals surface area contributed by atoms with Gasteiger partial charge in [0.15, 0.2) is 11.6 Å². The van der Waals surface area contributed by atoms with Crippen LogP contribution in [0.25, 0.3) is 0 Å². The lowest BCUT2D eigenvalue weighted by atomic mass is 10.3. The summed E-state index contributed by atoms with van der Waals surface area (Å²) in [5.41, 5.74) is 0.378. The van der Waals surface area contributed by atoms with Crippen LogP contribution in [-0.2, 0) is 0 Å². The first kappa shape index (κ1) is 14.1. The van der Waals surface area contributed by atoms with Crippen molar-refractivity contribution >= 4 is 17.5 Å². The Labute approximate surface area is 114 Å². The van der Waals surface area contributed by atoms with Crippen molar-refractivity contribution in [2.75, 3.05) is 17.2 Å². The number of aliphatic hydroxyl groups is 1. The fraction of sp³-hybridized carbons (Fsp3) is 0.231. The van der Waals surface area contributed by atoms with E-state index in [2.05, 4.69) is 20.6 Å². The molecule has 20 heavy (non-hydrogen) atoms. The number of rotatable bonds is 5. The fourth-order valence-corrected chi connectivity index (χ4v) is 1.49. The highest BCUT2D eigenvalue weighted by molar-refractivity contribution is 5.56. The Hall–Kier alpha value is -2.28. The third-order valence-electron chi connectivity index (χ3n) is 2.50. The third-order valence-corrected chi connectivity index (χ3v) is 2.50. The van der Waals surface area contributed by atoms with Gasteiger partial charge >= 0.3 is 0 Å². The summed E-state index contributed by atoms with van der Waals surface area (Å²) in [5.74, 6) is -1.08. The lowest BCUT2D eigenvalue weighted by molar-refractivity contribution is 0.281. The standard InChI is InChI=1S/C13H14F2N4O/c1-8(7-20)17-13-16-5-4-12(19-13)18-9-2-3-10(14)11(15)6-9/h2-6,8,20H,7H2,1H3,(H2,16,17,18,19)/t8-/m1/s1. The first-order valence-electron chi connectivity index (χ1n) is 6.01. The zero-order valence-electron chi connectivity index (χ0n) is 10.8. The molecule has 2 rings (SSSR count). The number of aromatic nitrogens is 2. The van der Waals surface area contributed by atoms with E-state index in [1.807, 2.05) is 0 Å². The molecule has 0 spiro atoms. The molecular formula is C13H14F2N4O. The summed E-state index contributed by atoms with van der Waals surface area (Å²) in [4.78, 5) is 8.14. The largest absolute Gasteiger partial charge is 0.394 e. The Morgan fingerprint density at radius 3 is 2.75 bits per heavy atom. The van der Waals surface area contributed by atoms with Crippen LogP contribution in [0.15, 0.2) is 30.5 Å². The Balaban J connectivity index is 2.12. The zero-order chi connectivity index (χ0) is 14.5. The normalized spacial score (nSPS) is 12.0. The van der Waals surface area contributed by atoms with E-state index in [1.165, 1.54) is 12.3 Å². The molecule has 0 bridgehead atoms. The molecule has 0 aliphatic heterocycles. The lowest BCUT2D eigenvalue weighted by Crippen LogP contribution is -2.20. The Bertz CT molecular complexity index is 594. The minimum Gasteiger partial charge on any atom is -0.394 e. The highest BCUT2D eigenvalue weighted by Gasteiger charge is 2.06. The smallest absolute Gasteiger partial charge is 0.224 e. The molecule has 1 heterocycles. The van der Waals surface area contributed by atoms with Crippen LogP contribution >= 0.6 is 0 Å². The molecule has 0 aliphatic carbocycles. The van der Waals surface area contributed by atoms with E-state index >= 15 is 0 Å². The summed E-state index contributed by atoms with van der Waals surface area (Å²) in [5, 5.41) is 14.7. The van der Waals surface area contributed by atoms with E-state index in [1.54, 1.807) is 13.0 Å². The second kappa shape index (κ2) is 6.25. The van der Waals surface area contributed by atoms with Gasteiger partial charge in [0, 0.05) is 24.0 Å². The summed E-state index contributed by atoms with van der Waals surface area (Å²) < 4.78 is 25.9. The van der Waals surface area contributed by atoms with Crippen molar-refractivity contribution < 1.29 is 13.9 Å². The molecule has 1 aromatic carbocycles. The average molecular weight is 280 g/mol. The summed E-state index contributed by atoms with van der Waals surface area (Å²) in [6.45, 7) is 1.73. The van der Waals surface area contributed by atoms with Crippen molar-refractivity contribution in [1.82, 2.24) is 9.97 Å². The number of nitrogens with one attached hydrogen (secondary N) is 2. The van der Waals surface area contributed by atoms with Gasteiger partial charge in [-0.3, -0.25) is 0 Å². The maximum atomic E-state index is 13.1. The van der Waals surface area contributed by atoms with Crippen molar-refractivity contribution in [3.63, 3.8) is 0 Å². The summed E-state index contributed by atoms with van der Waals surface area (Å²) >= 11 is 0. The first-order valence-corrected chi connectivity index (χ1v) is 6.01. The maximum absolute atomic E-state index is 13.1. The lowest BCUT2D eigenvalue weighted by Gasteiger charge is -2.12. The van der Waals surface area contributed by atoms with Crippen LogP contribution in [0.4, 0.5) is 26.2 Å². The number of hydrogen-bond donors (Lipinski definition) is 3. The Morgan fingerprint density at radius 2 is 2.05 bits per heavy atom. The number of anilines is 3. The topological polar surface area (TPSA) is 70.1 Å². The van der Waals surface area contributed by atoms with Crippen LogP contribution in [0.3, 0.4) is 0 Å². The number of nitrogens with zero attached hydrogens (tertiary/aromatic N) is 2. The van der Waals surface area contributed by atoms with Crippen molar-refractivity contribution in [3.8, 4) is 0 Å². The predicted octanol–water partition coefficient (Wildman–Crippen LogP) is 2.29. The van der Waals surface area contributed by atoms with Gasteiger partial charge in [-0.1, -0.05) is 0 Å². The van der Waals surface area contributed by atoms with Gasteiger partial charge in [-0.05, 0) is 25.1 Å². The van der Waals surface area contributed by atoms with Crippen LogP contribution < -0.4 is 10.6 Å². The molecule has 0 aliphatic rings. The van der Waals surface area contributed by atoms with Gasteiger partial charge in [0.25, 0.3) is 0 Å². The van der Waals surface area contributed by atoms with Gasteiger partial charge in [-0.2, -0.15) is 4.98 Å². The van der Waals surface area contributed by atoms with Crippen molar-refractivity contribution in [2.24, 2.45) is 0 Å². The van der Waals surface area contributed by atoms with Crippen LogP contribution in [0.5, 0.6) is 0 Å². The van der Waals surface area contributed by atoms with E-state index in [0.29, 0.717) is 17.5 Å². The van der Waals surface area contributed by atoms with Gasteiger partial charge in [0.2, 0.25) is 5.95 Å². The molecule has 0 saturated carbocycles. The molecule has 0 amide bonds. The minimum atomic E-state index is -0.934. The zero-order valence-corrected chi connectivity index (χ0v) is 10.8. The Morgan fingerprint density at radius 1 is 1.25 bits per heavy atom. The highest BCUT2D eigenvalue weighted by atomic mass is 19.2. The fourth-order valence-electron chi connectivity index (χ4n) is 1.49. The number of halogens is 2. The van der Waals surface area contributed by atoms with Gasteiger partial charge in [-0.25, -0.2) is 13.8 Å². The molecule has 2 aromatic rings. The molecule has 0 saturated heterocycles. The van der Waals surface area contributed by atoms with Crippen LogP contribution in [0, 0.1) is 11.6 Å². The van der Waals surface area contributed by atoms with Crippen LogP contribution in [-0.4, -0.2) is 27.7 Å². The third kappa shape index (κ3) is 3.61. The van der Waals surface area contributed by atoms with E-state index in [4.69, 9.17) is 5.11 Å². The van der Waals surface area contributed by atoms with Crippen molar-refractivity contribution in [3.05, 3.63) is 42.1 Å². The molecule has 5 nitrogen and oxygen atoms in total. The SMILES string of the molecule is C[C@H](CO)Nc1nccc(Nc2ccc(F)c(F)c2)n1. The summed E-state index contributed by atoms with van der Waals surface area (Å²) in [6.07, 6.45) is 1.52. The number of aliphatic hydroxyl groups excluding tert-OH is 1. The van der Waals surface area contributed by atoms with E-state index in [-0.39, 0.29) is 12.6 Å². The quantitative estimate of drug-likeness (QED) is 0.784. The van der Waals surface area contributed by atoms with Crippen molar-refractivity contribution in [1.29, 1.82) is 0 Å². The van der Waals surface area contributed by atoms with Crippen LogP contribution in [0.2, 0.25) is 0 Å². The van der Waals surface area contributed by atoms with Gasteiger partial charge < -0.3 is 15.7 Å². The molecular weight excluding hydrogens is 266 g/mol. The van der Waals surface area contributed by atoms with E-state index in [9.17, 15) is 8.78 Å². The molecule has 0 unspecified atom stereocenters.